The third-order valence-corrected chi connectivity index (χ3v) is 6.39. The highest BCUT2D eigenvalue weighted by atomic mass is 32.2. The van der Waals surface area contributed by atoms with Crippen LogP contribution in [0.2, 0.25) is 0 Å². The number of sulfonamides is 1. The van der Waals surface area contributed by atoms with Gasteiger partial charge in [0.05, 0.1) is 4.90 Å². The normalized spacial score (nSPS) is 12.4. The van der Waals surface area contributed by atoms with Crippen LogP contribution in [0.15, 0.2) is 89.8 Å². The van der Waals surface area contributed by atoms with Crippen LogP contribution in [0.4, 0.5) is 5.69 Å². The molecule has 3 aromatic carbocycles. The quantitative estimate of drug-likeness (QED) is 0.538. The van der Waals surface area contributed by atoms with Crippen LogP contribution in [0.1, 0.15) is 15.9 Å². The molecule has 162 valence electrons. The molecule has 6 nitrogen and oxygen atoms in total. The van der Waals surface area contributed by atoms with E-state index in [0.29, 0.717) is 17.8 Å². The van der Waals surface area contributed by atoms with E-state index in [1.165, 1.54) is 17.7 Å². The largest absolute Gasteiger partial charge is 0.350 e. The summed E-state index contributed by atoms with van der Waals surface area (Å²) in [5.74, 6) is -0.197. The van der Waals surface area contributed by atoms with Crippen LogP contribution in [0, 0.1) is 0 Å². The molecule has 0 spiro atoms. The smallest absolute Gasteiger partial charge is 0.261 e. The van der Waals surface area contributed by atoms with Crippen molar-refractivity contribution in [2.45, 2.75) is 17.4 Å². The van der Waals surface area contributed by atoms with Crippen molar-refractivity contribution in [1.29, 1.82) is 0 Å². The predicted octanol–water partition coefficient (Wildman–Crippen LogP) is 3.39. The van der Waals surface area contributed by atoms with Crippen LogP contribution >= 0.6 is 0 Å². The Morgan fingerprint density at radius 3 is 2.03 bits per heavy atom. The van der Waals surface area contributed by atoms with E-state index in [1.807, 2.05) is 32.3 Å². The standard InChI is InChI=1S/C24H27N3O3S/c1-27(2)22(17-19-9-5-3-6-10-19)18-25-24(28)20-13-15-21(16-14-20)26-31(29,30)23-11-7-4-8-12-23/h3-16,22,26H,17-18H2,1-2H3,(H,25,28). The number of hydrogen-bond donors (Lipinski definition) is 2. The maximum absolute atomic E-state index is 12.6. The van der Waals surface area contributed by atoms with Crippen molar-refractivity contribution in [2.75, 3.05) is 25.4 Å². The van der Waals surface area contributed by atoms with Gasteiger partial charge in [-0.15, -0.1) is 0 Å². The Kier molecular flexibility index (Phi) is 7.44. The molecule has 0 radical (unpaired) electrons. The van der Waals surface area contributed by atoms with Gasteiger partial charge in [0.15, 0.2) is 0 Å². The van der Waals surface area contributed by atoms with Gasteiger partial charge in [-0.3, -0.25) is 9.52 Å². The van der Waals surface area contributed by atoms with E-state index in [9.17, 15) is 13.2 Å². The van der Waals surface area contributed by atoms with Crippen LogP contribution in [0.25, 0.3) is 0 Å². The summed E-state index contributed by atoms with van der Waals surface area (Å²) >= 11 is 0. The van der Waals surface area contributed by atoms with Gasteiger partial charge in [-0.2, -0.15) is 0 Å². The lowest BCUT2D eigenvalue weighted by molar-refractivity contribution is 0.0941. The van der Waals surface area contributed by atoms with E-state index < -0.39 is 10.0 Å². The van der Waals surface area contributed by atoms with Crippen molar-refractivity contribution in [3.8, 4) is 0 Å². The minimum absolute atomic E-state index is 0.156. The molecule has 1 atom stereocenters. The van der Waals surface area contributed by atoms with E-state index >= 15 is 0 Å². The fraction of sp³-hybridized carbons (Fsp3) is 0.208. The van der Waals surface area contributed by atoms with E-state index in [1.54, 1.807) is 42.5 Å². The number of likely N-dealkylation sites (N-methyl/N-ethyl adjacent to an activating group) is 1. The second kappa shape index (κ2) is 10.2. The maximum Gasteiger partial charge on any atom is 0.261 e. The monoisotopic (exact) mass is 437 g/mol. The van der Waals surface area contributed by atoms with Gasteiger partial charge in [0.25, 0.3) is 15.9 Å². The number of rotatable bonds is 9. The lowest BCUT2D eigenvalue weighted by atomic mass is 10.0. The highest BCUT2D eigenvalue weighted by Crippen LogP contribution is 2.16. The molecule has 2 N–H and O–H groups in total. The molecule has 0 bridgehead atoms. The third kappa shape index (κ3) is 6.41. The fourth-order valence-corrected chi connectivity index (χ4v) is 4.22. The molecule has 0 aliphatic heterocycles. The molecule has 7 heteroatoms. The Bertz CT molecular complexity index is 1080. The molecule has 0 saturated heterocycles. The Labute approximate surface area is 184 Å². The number of carbonyl (C=O) groups is 1. The minimum atomic E-state index is -3.66. The number of carbonyl (C=O) groups excluding carboxylic acids is 1. The number of hydrogen-bond acceptors (Lipinski definition) is 4. The van der Waals surface area contributed by atoms with Crippen molar-refractivity contribution in [1.82, 2.24) is 10.2 Å². The molecule has 3 aromatic rings. The number of amides is 1. The summed E-state index contributed by atoms with van der Waals surface area (Å²) in [5, 5.41) is 2.97. The molecule has 0 aliphatic carbocycles. The third-order valence-electron chi connectivity index (χ3n) is 5.00. The first-order valence-electron chi connectivity index (χ1n) is 10.0. The van der Waals surface area contributed by atoms with E-state index in [0.717, 1.165) is 6.42 Å². The van der Waals surface area contributed by atoms with Gasteiger partial charge in [0.1, 0.15) is 0 Å². The minimum Gasteiger partial charge on any atom is -0.350 e. The second-order valence-electron chi connectivity index (χ2n) is 7.51. The molecule has 0 aliphatic rings. The van der Waals surface area contributed by atoms with Gasteiger partial charge in [0.2, 0.25) is 0 Å². The molecule has 1 amide bonds. The van der Waals surface area contributed by atoms with E-state index in [2.05, 4.69) is 27.1 Å². The number of nitrogens with one attached hydrogen (secondary N) is 2. The Balaban J connectivity index is 1.59. The van der Waals surface area contributed by atoms with Gasteiger partial charge < -0.3 is 10.2 Å². The van der Waals surface area contributed by atoms with Crippen LogP contribution in [-0.2, 0) is 16.4 Å². The predicted molar refractivity (Wildman–Crippen MR) is 124 cm³/mol. The topological polar surface area (TPSA) is 78.5 Å². The first-order valence-corrected chi connectivity index (χ1v) is 11.5. The van der Waals surface area contributed by atoms with Crippen molar-refractivity contribution in [3.05, 3.63) is 96.1 Å². The lowest BCUT2D eigenvalue weighted by Gasteiger charge is -2.24. The van der Waals surface area contributed by atoms with Gasteiger partial charge in [-0.1, -0.05) is 48.5 Å². The van der Waals surface area contributed by atoms with Crippen LogP contribution in [-0.4, -0.2) is 45.9 Å². The summed E-state index contributed by atoms with van der Waals surface area (Å²) < 4.78 is 27.4. The highest BCUT2D eigenvalue weighted by molar-refractivity contribution is 7.92. The molecule has 3 rings (SSSR count). The Morgan fingerprint density at radius 1 is 0.871 bits per heavy atom. The van der Waals surface area contributed by atoms with E-state index in [4.69, 9.17) is 0 Å². The zero-order chi connectivity index (χ0) is 22.3. The fourth-order valence-electron chi connectivity index (χ4n) is 3.14. The van der Waals surface area contributed by atoms with Gasteiger partial charge >= 0.3 is 0 Å². The average molecular weight is 438 g/mol. The molecule has 31 heavy (non-hydrogen) atoms. The Hall–Kier alpha value is -3.16. The average Bonchev–Trinajstić information content (AvgIpc) is 2.78. The molecule has 1 unspecified atom stereocenters. The number of benzene rings is 3. The Morgan fingerprint density at radius 2 is 1.45 bits per heavy atom. The summed E-state index contributed by atoms with van der Waals surface area (Å²) in [6.45, 7) is 0.503. The number of anilines is 1. The number of nitrogens with zero attached hydrogens (tertiary/aromatic N) is 1. The highest BCUT2D eigenvalue weighted by Gasteiger charge is 2.16. The van der Waals surface area contributed by atoms with Crippen molar-refractivity contribution >= 4 is 21.6 Å². The van der Waals surface area contributed by atoms with E-state index in [-0.39, 0.29) is 16.8 Å². The van der Waals surface area contributed by atoms with Crippen LogP contribution < -0.4 is 10.0 Å². The first kappa shape index (κ1) is 22.5. The first-order chi connectivity index (χ1) is 14.8. The zero-order valence-corrected chi connectivity index (χ0v) is 18.5. The summed E-state index contributed by atoms with van der Waals surface area (Å²) in [6, 6.07) is 24.9. The van der Waals surface area contributed by atoms with Crippen molar-refractivity contribution < 1.29 is 13.2 Å². The molecule has 0 aromatic heterocycles. The lowest BCUT2D eigenvalue weighted by Crippen LogP contribution is -2.41. The summed E-state index contributed by atoms with van der Waals surface area (Å²) in [7, 11) is 0.324. The summed E-state index contributed by atoms with van der Waals surface area (Å²) in [4.78, 5) is 14.9. The van der Waals surface area contributed by atoms with Gasteiger partial charge in [-0.25, -0.2) is 8.42 Å². The maximum atomic E-state index is 12.6. The van der Waals surface area contributed by atoms with Crippen molar-refractivity contribution in [3.63, 3.8) is 0 Å². The zero-order valence-electron chi connectivity index (χ0n) is 17.7. The molecular weight excluding hydrogens is 410 g/mol. The summed E-state index contributed by atoms with van der Waals surface area (Å²) in [6.07, 6.45) is 0.828. The van der Waals surface area contributed by atoms with Crippen LogP contribution in [0.5, 0.6) is 0 Å². The van der Waals surface area contributed by atoms with Gasteiger partial charge in [0, 0.05) is 23.8 Å². The second-order valence-corrected chi connectivity index (χ2v) is 9.20. The van der Waals surface area contributed by atoms with Crippen molar-refractivity contribution in [2.24, 2.45) is 0 Å². The SMILES string of the molecule is CN(C)C(CNC(=O)c1ccc(NS(=O)(=O)c2ccccc2)cc1)Cc1ccccc1. The van der Waals surface area contributed by atoms with Crippen LogP contribution in [0.3, 0.4) is 0 Å². The molecular formula is C24H27N3O3S. The molecule has 0 saturated carbocycles. The van der Waals surface area contributed by atoms with Gasteiger partial charge in [-0.05, 0) is 62.5 Å². The summed E-state index contributed by atoms with van der Waals surface area (Å²) in [5.41, 5.74) is 2.08. The molecule has 0 fully saturated rings. The molecule has 0 heterocycles.